The number of ether oxygens (including phenoxy) is 1. The number of aliphatic hydroxyl groups excluding tert-OH is 1. The van der Waals surface area contributed by atoms with E-state index in [0.29, 0.717) is 0 Å². The molecule has 0 aliphatic carbocycles. The summed E-state index contributed by atoms with van der Waals surface area (Å²) in [7, 11) is 1.64. The average molecular weight is 246 g/mol. The van der Waals surface area contributed by atoms with Gasteiger partial charge in [0.25, 0.3) is 0 Å². The summed E-state index contributed by atoms with van der Waals surface area (Å²) in [5, 5.41) is 13.8. The van der Waals surface area contributed by atoms with Gasteiger partial charge in [-0.1, -0.05) is 6.07 Å². The standard InChI is InChI=1S/C14H18N2O2/c1-10(2)16-14(6-7-15-16)13-8-12(18-3)5-4-11(13)9-17/h4-8,10,17H,9H2,1-3H3. The first kappa shape index (κ1) is 12.6. The van der Waals surface area contributed by atoms with Crippen molar-refractivity contribution < 1.29 is 9.84 Å². The Balaban J connectivity index is 2.57. The quantitative estimate of drug-likeness (QED) is 0.902. The van der Waals surface area contributed by atoms with Crippen LogP contribution in [0.5, 0.6) is 5.75 Å². The molecule has 0 bridgehead atoms. The van der Waals surface area contributed by atoms with Crippen LogP contribution in [0.25, 0.3) is 11.3 Å². The zero-order chi connectivity index (χ0) is 13.1. The van der Waals surface area contributed by atoms with Crippen LogP contribution < -0.4 is 4.74 Å². The van der Waals surface area contributed by atoms with Gasteiger partial charge in [0.1, 0.15) is 5.75 Å². The number of nitrogens with zero attached hydrogens (tertiary/aromatic N) is 2. The predicted octanol–water partition coefficient (Wildman–Crippen LogP) is 2.63. The second-order valence-electron chi connectivity index (χ2n) is 4.44. The Morgan fingerprint density at radius 1 is 1.33 bits per heavy atom. The number of methoxy groups -OCH3 is 1. The van der Waals surface area contributed by atoms with Crippen molar-refractivity contribution in [2.45, 2.75) is 26.5 Å². The van der Waals surface area contributed by atoms with Crippen molar-refractivity contribution in [1.29, 1.82) is 0 Å². The molecule has 18 heavy (non-hydrogen) atoms. The molecule has 1 aromatic carbocycles. The normalized spacial score (nSPS) is 10.9. The zero-order valence-corrected chi connectivity index (χ0v) is 10.9. The molecule has 0 saturated heterocycles. The molecule has 0 radical (unpaired) electrons. The Morgan fingerprint density at radius 2 is 2.11 bits per heavy atom. The summed E-state index contributed by atoms with van der Waals surface area (Å²) in [6, 6.07) is 7.89. The van der Waals surface area contributed by atoms with Crippen LogP contribution in [0.2, 0.25) is 0 Å². The first-order chi connectivity index (χ1) is 8.67. The molecule has 0 aliphatic rings. The molecule has 0 aliphatic heterocycles. The summed E-state index contributed by atoms with van der Waals surface area (Å²) >= 11 is 0. The lowest BCUT2D eigenvalue weighted by atomic mass is 10.0. The van der Waals surface area contributed by atoms with E-state index in [0.717, 1.165) is 22.6 Å². The molecule has 0 saturated carbocycles. The molecular formula is C14H18N2O2. The second kappa shape index (κ2) is 5.23. The highest BCUT2D eigenvalue weighted by molar-refractivity contribution is 5.66. The fourth-order valence-corrected chi connectivity index (χ4v) is 2.00. The molecule has 2 aromatic rings. The smallest absolute Gasteiger partial charge is 0.119 e. The number of aromatic nitrogens is 2. The highest BCUT2D eigenvalue weighted by Gasteiger charge is 2.12. The first-order valence-electron chi connectivity index (χ1n) is 5.99. The minimum atomic E-state index is 0.00258. The monoisotopic (exact) mass is 246 g/mol. The van der Waals surface area contributed by atoms with E-state index in [4.69, 9.17) is 4.74 Å². The third-order valence-electron chi connectivity index (χ3n) is 2.92. The van der Waals surface area contributed by atoms with Crippen molar-refractivity contribution in [3.8, 4) is 17.0 Å². The highest BCUT2D eigenvalue weighted by Crippen LogP contribution is 2.29. The van der Waals surface area contributed by atoms with Gasteiger partial charge in [0.05, 0.1) is 19.4 Å². The van der Waals surface area contributed by atoms with E-state index in [1.54, 1.807) is 13.3 Å². The van der Waals surface area contributed by atoms with E-state index in [-0.39, 0.29) is 12.6 Å². The van der Waals surface area contributed by atoms with Crippen molar-refractivity contribution in [3.63, 3.8) is 0 Å². The van der Waals surface area contributed by atoms with Gasteiger partial charge < -0.3 is 9.84 Å². The maximum absolute atomic E-state index is 9.44. The summed E-state index contributed by atoms with van der Waals surface area (Å²) < 4.78 is 7.18. The molecule has 96 valence electrons. The van der Waals surface area contributed by atoms with Crippen LogP contribution in [0.4, 0.5) is 0 Å². The van der Waals surface area contributed by atoms with Crippen molar-refractivity contribution in [1.82, 2.24) is 9.78 Å². The van der Waals surface area contributed by atoms with E-state index in [2.05, 4.69) is 18.9 Å². The van der Waals surface area contributed by atoms with Crippen LogP contribution in [0.1, 0.15) is 25.5 Å². The molecule has 4 heteroatoms. The van der Waals surface area contributed by atoms with Gasteiger partial charge in [-0.3, -0.25) is 4.68 Å². The van der Waals surface area contributed by atoms with Gasteiger partial charge in [-0.25, -0.2) is 0 Å². The van der Waals surface area contributed by atoms with Gasteiger partial charge in [-0.15, -0.1) is 0 Å². The third-order valence-corrected chi connectivity index (χ3v) is 2.92. The molecule has 4 nitrogen and oxygen atoms in total. The molecule has 0 fully saturated rings. The number of rotatable bonds is 4. The Labute approximate surface area is 107 Å². The molecule has 1 aromatic heterocycles. The number of aliphatic hydroxyl groups is 1. The molecule has 0 spiro atoms. The lowest BCUT2D eigenvalue weighted by Gasteiger charge is -2.14. The Kier molecular flexibility index (Phi) is 3.67. The van der Waals surface area contributed by atoms with E-state index in [1.165, 1.54) is 0 Å². The maximum Gasteiger partial charge on any atom is 0.119 e. The SMILES string of the molecule is COc1ccc(CO)c(-c2ccnn2C(C)C)c1. The molecule has 0 amide bonds. The first-order valence-corrected chi connectivity index (χ1v) is 5.99. The summed E-state index contributed by atoms with van der Waals surface area (Å²) in [4.78, 5) is 0. The number of hydrogen-bond donors (Lipinski definition) is 1. The lowest BCUT2D eigenvalue weighted by Crippen LogP contribution is -2.05. The van der Waals surface area contributed by atoms with Crippen LogP contribution in [0.3, 0.4) is 0 Å². The van der Waals surface area contributed by atoms with Gasteiger partial charge in [-0.2, -0.15) is 5.10 Å². The molecule has 1 N–H and O–H groups in total. The lowest BCUT2D eigenvalue weighted by molar-refractivity contribution is 0.282. The average Bonchev–Trinajstić information content (AvgIpc) is 2.87. The Morgan fingerprint density at radius 3 is 2.72 bits per heavy atom. The minimum Gasteiger partial charge on any atom is -0.497 e. The topological polar surface area (TPSA) is 47.3 Å². The number of benzene rings is 1. The summed E-state index contributed by atoms with van der Waals surface area (Å²) in [6.07, 6.45) is 1.77. The van der Waals surface area contributed by atoms with E-state index in [1.807, 2.05) is 28.9 Å². The van der Waals surface area contributed by atoms with Crippen molar-refractivity contribution in [2.75, 3.05) is 7.11 Å². The largest absolute Gasteiger partial charge is 0.497 e. The zero-order valence-electron chi connectivity index (χ0n) is 10.9. The van der Waals surface area contributed by atoms with Gasteiger partial charge in [0.2, 0.25) is 0 Å². The van der Waals surface area contributed by atoms with Crippen LogP contribution in [0.15, 0.2) is 30.5 Å². The van der Waals surface area contributed by atoms with Gasteiger partial charge in [-0.05, 0) is 37.6 Å². The highest BCUT2D eigenvalue weighted by atomic mass is 16.5. The van der Waals surface area contributed by atoms with Gasteiger partial charge in [0.15, 0.2) is 0 Å². The Bertz CT molecular complexity index is 532. The summed E-state index contributed by atoms with van der Waals surface area (Å²) in [5.41, 5.74) is 2.83. The van der Waals surface area contributed by atoms with E-state index < -0.39 is 0 Å². The summed E-state index contributed by atoms with van der Waals surface area (Å²) in [5.74, 6) is 0.777. The van der Waals surface area contributed by atoms with Crippen LogP contribution in [-0.2, 0) is 6.61 Å². The fraction of sp³-hybridized carbons (Fsp3) is 0.357. The van der Waals surface area contributed by atoms with Crippen LogP contribution in [0, 0.1) is 0 Å². The van der Waals surface area contributed by atoms with Crippen molar-refractivity contribution >= 4 is 0 Å². The van der Waals surface area contributed by atoms with Crippen molar-refractivity contribution in [3.05, 3.63) is 36.0 Å². The van der Waals surface area contributed by atoms with Gasteiger partial charge >= 0.3 is 0 Å². The second-order valence-corrected chi connectivity index (χ2v) is 4.44. The van der Waals surface area contributed by atoms with Crippen molar-refractivity contribution in [2.24, 2.45) is 0 Å². The summed E-state index contributed by atoms with van der Waals surface area (Å²) in [6.45, 7) is 4.16. The maximum atomic E-state index is 9.44. The van der Waals surface area contributed by atoms with E-state index >= 15 is 0 Å². The predicted molar refractivity (Wildman–Crippen MR) is 70.5 cm³/mol. The Hall–Kier alpha value is -1.81. The van der Waals surface area contributed by atoms with E-state index in [9.17, 15) is 5.11 Å². The van der Waals surface area contributed by atoms with Crippen LogP contribution >= 0.6 is 0 Å². The third kappa shape index (κ3) is 2.24. The molecule has 1 heterocycles. The number of hydrogen-bond acceptors (Lipinski definition) is 3. The fourth-order valence-electron chi connectivity index (χ4n) is 2.00. The molecular weight excluding hydrogens is 228 g/mol. The van der Waals surface area contributed by atoms with Gasteiger partial charge in [0, 0.05) is 17.8 Å². The van der Waals surface area contributed by atoms with Crippen LogP contribution in [-0.4, -0.2) is 22.0 Å². The minimum absolute atomic E-state index is 0.00258. The molecule has 2 rings (SSSR count). The molecule has 0 unspecified atom stereocenters. The molecule has 0 atom stereocenters.